The lowest BCUT2D eigenvalue weighted by atomic mass is 9.91. The molecule has 31 heavy (non-hydrogen) atoms. The van der Waals surface area contributed by atoms with Crippen molar-refractivity contribution in [3.63, 3.8) is 0 Å². The van der Waals surface area contributed by atoms with Crippen LogP contribution >= 0.6 is 22.9 Å². The monoisotopic (exact) mass is 460 g/mol. The van der Waals surface area contributed by atoms with Crippen LogP contribution in [0.5, 0.6) is 0 Å². The molecule has 1 atom stereocenters. The molecule has 0 N–H and O–H groups in total. The highest BCUT2D eigenvalue weighted by Crippen LogP contribution is 2.38. The van der Waals surface area contributed by atoms with E-state index in [2.05, 4.69) is 46.1 Å². The zero-order valence-corrected chi connectivity index (χ0v) is 20.7. The molecule has 0 fully saturated rings. The minimum Gasteiger partial charge on any atom is -0.333 e. The Morgan fingerprint density at radius 1 is 1.19 bits per heavy atom. The minimum atomic E-state index is -0.140. The van der Waals surface area contributed by atoms with Gasteiger partial charge in [-0.25, -0.2) is 0 Å². The summed E-state index contributed by atoms with van der Waals surface area (Å²) in [6, 6.07) is 9.72. The number of hydrogen-bond donors (Lipinski definition) is 0. The van der Waals surface area contributed by atoms with Crippen LogP contribution in [0.25, 0.3) is 0 Å². The summed E-state index contributed by atoms with van der Waals surface area (Å²) in [7, 11) is 0. The topological polar surface area (TPSA) is 40.6 Å². The first kappa shape index (κ1) is 23.8. The number of halogens is 1. The molecular weight excluding hydrogens is 428 g/mol. The molecule has 2 amide bonds. The molecular formula is C25H33ClN2O2S. The van der Waals surface area contributed by atoms with Gasteiger partial charge in [-0.15, -0.1) is 11.3 Å². The van der Waals surface area contributed by atoms with Crippen molar-refractivity contribution in [2.45, 2.75) is 53.5 Å². The van der Waals surface area contributed by atoms with Crippen molar-refractivity contribution in [2.75, 3.05) is 19.6 Å². The molecule has 0 saturated carbocycles. The Kier molecular flexibility index (Phi) is 7.48. The first-order chi connectivity index (χ1) is 14.5. The quantitative estimate of drug-likeness (QED) is 0.546. The molecule has 1 aromatic heterocycles. The predicted molar refractivity (Wildman–Crippen MR) is 129 cm³/mol. The number of amides is 2. The van der Waals surface area contributed by atoms with E-state index in [9.17, 15) is 9.59 Å². The van der Waals surface area contributed by atoms with Crippen LogP contribution in [0.1, 0.15) is 63.1 Å². The second kappa shape index (κ2) is 9.74. The van der Waals surface area contributed by atoms with E-state index in [0.717, 1.165) is 12.0 Å². The number of fused-ring (bicyclic) bond motifs is 1. The molecule has 168 valence electrons. The minimum absolute atomic E-state index is 0.000269. The largest absolute Gasteiger partial charge is 0.333 e. The summed E-state index contributed by atoms with van der Waals surface area (Å²) in [5.74, 6) is 0.346. The van der Waals surface area contributed by atoms with E-state index >= 15 is 0 Å². The van der Waals surface area contributed by atoms with Gasteiger partial charge in [-0.1, -0.05) is 58.4 Å². The number of thiophene rings is 1. The highest BCUT2D eigenvalue weighted by molar-refractivity contribution is 7.10. The van der Waals surface area contributed by atoms with Gasteiger partial charge in [-0.2, -0.15) is 0 Å². The Labute approximate surface area is 195 Å². The maximum Gasteiger partial charge on any atom is 0.242 e. The van der Waals surface area contributed by atoms with Crippen molar-refractivity contribution in [2.24, 2.45) is 11.3 Å². The lowest BCUT2D eigenvalue weighted by molar-refractivity contribution is -0.143. The van der Waals surface area contributed by atoms with Gasteiger partial charge in [0.15, 0.2) is 0 Å². The van der Waals surface area contributed by atoms with Gasteiger partial charge in [-0.3, -0.25) is 9.59 Å². The van der Waals surface area contributed by atoms with Crippen LogP contribution in [0.15, 0.2) is 35.7 Å². The molecule has 0 saturated heterocycles. The van der Waals surface area contributed by atoms with Crippen LogP contribution in [0.3, 0.4) is 0 Å². The van der Waals surface area contributed by atoms with E-state index in [-0.39, 0.29) is 29.8 Å². The number of rotatable bonds is 6. The maximum atomic E-state index is 13.6. The Bertz CT molecular complexity index is 914. The summed E-state index contributed by atoms with van der Waals surface area (Å²) in [5.41, 5.74) is 2.12. The Morgan fingerprint density at radius 2 is 1.87 bits per heavy atom. The molecule has 1 aromatic carbocycles. The molecule has 0 aliphatic carbocycles. The van der Waals surface area contributed by atoms with Gasteiger partial charge >= 0.3 is 0 Å². The third kappa shape index (κ3) is 6.11. The summed E-state index contributed by atoms with van der Waals surface area (Å²) in [6.07, 6.45) is 1.28. The molecule has 6 heteroatoms. The van der Waals surface area contributed by atoms with Crippen LogP contribution in [-0.4, -0.2) is 41.2 Å². The summed E-state index contributed by atoms with van der Waals surface area (Å²) in [4.78, 5) is 31.6. The molecule has 1 aliphatic heterocycles. The van der Waals surface area contributed by atoms with Gasteiger partial charge < -0.3 is 9.80 Å². The first-order valence-electron chi connectivity index (χ1n) is 10.9. The molecule has 0 radical (unpaired) electrons. The Morgan fingerprint density at radius 3 is 2.48 bits per heavy atom. The number of carbonyl (C=O) groups excluding carboxylic acids is 2. The van der Waals surface area contributed by atoms with E-state index in [0.29, 0.717) is 30.5 Å². The van der Waals surface area contributed by atoms with Crippen LogP contribution in [-0.2, 0) is 16.0 Å². The summed E-state index contributed by atoms with van der Waals surface area (Å²) < 4.78 is 0. The Hall–Kier alpha value is -1.85. The normalized spacial score (nSPS) is 16.4. The predicted octanol–water partition coefficient (Wildman–Crippen LogP) is 5.80. The van der Waals surface area contributed by atoms with Crippen LogP contribution < -0.4 is 0 Å². The second-order valence-corrected chi connectivity index (χ2v) is 11.4. The zero-order chi connectivity index (χ0) is 22.8. The third-order valence-corrected chi connectivity index (χ3v) is 6.67. The SMILES string of the molecule is CC(C)CN(CC(=O)N1CCc2sccc2C1c1ccc(Cl)cc1)C(=O)CC(C)(C)C. The van der Waals surface area contributed by atoms with Crippen molar-refractivity contribution in [1.29, 1.82) is 0 Å². The molecule has 3 rings (SSSR count). The third-order valence-electron chi connectivity index (χ3n) is 5.42. The molecule has 1 unspecified atom stereocenters. The van der Waals surface area contributed by atoms with E-state index in [1.807, 2.05) is 29.2 Å². The molecule has 2 heterocycles. The number of carbonyl (C=O) groups is 2. The van der Waals surface area contributed by atoms with Crippen molar-refractivity contribution in [3.8, 4) is 0 Å². The standard InChI is InChI=1S/C25H33ClN2O2S/c1-17(2)15-27(22(29)14-25(3,4)5)16-23(30)28-12-10-21-20(11-13-31-21)24(28)18-6-8-19(26)9-7-18/h6-9,11,13,17,24H,10,12,14-16H2,1-5H3. The van der Waals surface area contributed by atoms with E-state index in [1.165, 1.54) is 10.4 Å². The highest BCUT2D eigenvalue weighted by atomic mass is 35.5. The van der Waals surface area contributed by atoms with Gasteiger partial charge in [0.05, 0.1) is 12.6 Å². The van der Waals surface area contributed by atoms with Crippen molar-refractivity contribution >= 4 is 34.8 Å². The van der Waals surface area contributed by atoms with Gasteiger partial charge in [0.25, 0.3) is 0 Å². The van der Waals surface area contributed by atoms with Crippen LogP contribution in [0, 0.1) is 11.3 Å². The fourth-order valence-electron chi connectivity index (χ4n) is 4.10. The molecule has 0 spiro atoms. The van der Waals surface area contributed by atoms with Gasteiger partial charge in [-0.05, 0) is 52.5 Å². The van der Waals surface area contributed by atoms with Gasteiger partial charge in [0.1, 0.15) is 0 Å². The summed E-state index contributed by atoms with van der Waals surface area (Å²) in [6.45, 7) is 11.7. The van der Waals surface area contributed by atoms with Crippen molar-refractivity contribution < 1.29 is 9.59 Å². The fraction of sp³-hybridized carbons (Fsp3) is 0.520. The van der Waals surface area contributed by atoms with Crippen LogP contribution in [0.2, 0.25) is 5.02 Å². The van der Waals surface area contributed by atoms with Gasteiger partial charge in [0, 0.05) is 29.4 Å². The fourth-order valence-corrected chi connectivity index (χ4v) is 5.13. The molecule has 4 nitrogen and oxygen atoms in total. The molecule has 1 aliphatic rings. The van der Waals surface area contributed by atoms with Crippen LogP contribution in [0.4, 0.5) is 0 Å². The lowest BCUT2D eigenvalue weighted by Gasteiger charge is -2.38. The lowest BCUT2D eigenvalue weighted by Crippen LogP contribution is -2.48. The Balaban J connectivity index is 1.86. The smallest absolute Gasteiger partial charge is 0.242 e. The number of hydrogen-bond acceptors (Lipinski definition) is 3. The van der Waals surface area contributed by atoms with E-state index in [1.54, 1.807) is 16.2 Å². The number of nitrogens with zero attached hydrogens (tertiary/aromatic N) is 2. The zero-order valence-electron chi connectivity index (χ0n) is 19.2. The average molecular weight is 461 g/mol. The molecule has 0 bridgehead atoms. The maximum absolute atomic E-state index is 13.6. The highest BCUT2D eigenvalue weighted by Gasteiger charge is 2.34. The number of benzene rings is 1. The second-order valence-electron chi connectivity index (χ2n) is 10.00. The van der Waals surface area contributed by atoms with Crippen molar-refractivity contribution in [3.05, 3.63) is 56.7 Å². The van der Waals surface area contributed by atoms with E-state index in [4.69, 9.17) is 11.6 Å². The van der Waals surface area contributed by atoms with E-state index < -0.39 is 0 Å². The summed E-state index contributed by atoms with van der Waals surface area (Å²) in [5, 5.41) is 2.78. The summed E-state index contributed by atoms with van der Waals surface area (Å²) >= 11 is 7.86. The first-order valence-corrected chi connectivity index (χ1v) is 12.2. The van der Waals surface area contributed by atoms with Crippen molar-refractivity contribution in [1.82, 2.24) is 9.80 Å². The average Bonchev–Trinajstić information content (AvgIpc) is 3.14. The molecule has 2 aromatic rings. The van der Waals surface area contributed by atoms with Gasteiger partial charge in [0.2, 0.25) is 11.8 Å².